The van der Waals surface area contributed by atoms with E-state index in [1.807, 2.05) is 44.3 Å². The van der Waals surface area contributed by atoms with Gasteiger partial charge in [-0.25, -0.2) is 0 Å². The van der Waals surface area contributed by atoms with Crippen LogP contribution in [0.25, 0.3) is 22.3 Å². The molecule has 3 rings (SSSR count). The molecule has 2 heterocycles. The van der Waals surface area contributed by atoms with Crippen LogP contribution in [-0.4, -0.2) is 37.1 Å². The maximum Gasteiger partial charge on any atom is 0.243 e. The van der Waals surface area contributed by atoms with Gasteiger partial charge in [0, 0.05) is 28.7 Å². The van der Waals surface area contributed by atoms with Gasteiger partial charge in [0.05, 0.1) is 0 Å². The Morgan fingerprint density at radius 1 is 1.38 bits per heavy atom. The fraction of sp³-hybridized carbons (Fsp3) is 0.286. The summed E-state index contributed by atoms with van der Waals surface area (Å²) in [6, 6.07) is 7.99. The largest absolute Gasteiger partial charge is 0.360 e. The number of aromatic amines is 1. The number of H-pyrrole nitrogens is 1. The number of nitrogens with one attached hydrogen (secondary N) is 2. The second-order valence-electron chi connectivity index (χ2n) is 5.11. The molecule has 7 nitrogen and oxygen atoms in total. The van der Waals surface area contributed by atoms with Crippen LogP contribution >= 0.6 is 0 Å². The summed E-state index contributed by atoms with van der Waals surface area (Å²) < 4.78 is 0. The lowest BCUT2D eigenvalue weighted by Gasteiger charge is -2.06. The minimum absolute atomic E-state index is 0.0630. The average Bonchev–Trinajstić information content (AvgIpc) is 3.03. The van der Waals surface area contributed by atoms with E-state index in [1.165, 1.54) is 4.80 Å². The summed E-state index contributed by atoms with van der Waals surface area (Å²) in [5.41, 5.74) is 1.89. The van der Waals surface area contributed by atoms with Gasteiger partial charge < -0.3 is 10.3 Å². The number of fused-ring (bicyclic) bond motifs is 1. The van der Waals surface area contributed by atoms with E-state index >= 15 is 0 Å². The number of aromatic nitrogens is 5. The van der Waals surface area contributed by atoms with Gasteiger partial charge in [-0.2, -0.15) is 4.80 Å². The molecule has 0 aliphatic carbocycles. The molecule has 2 N–H and O–H groups in total. The van der Waals surface area contributed by atoms with E-state index < -0.39 is 0 Å². The molecule has 0 bridgehead atoms. The maximum absolute atomic E-state index is 11.7. The standard InChI is InChI=1S/C14H16N6O/c1-9(2)16-13(21)8-20-18-14(17-19-20)11-7-15-12-6-4-3-5-10(11)12/h3-7,9,15H,8H2,1-2H3,(H,16,21). The van der Waals surface area contributed by atoms with E-state index in [1.54, 1.807) is 0 Å². The number of tetrazole rings is 1. The minimum atomic E-state index is -0.132. The monoisotopic (exact) mass is 284 g/mol. The summed E-state index contributed by atoms with van der Waals surface area (Å²) in [7, 11) is 0. The van der Waals surface area contributed by atoms with Crippen LogP contribution in [0.4, 0.5) is 0 Å². The van der Waals surface area contributed by atoms with E-state index in [2.05, 4.69) is 25.7 Å². The van der Waals surface area contributed by atoms with Crippen molar-refractivity contribution in [1.29, 1.82) is 0 Å². The number of carbonyl (C=O) groups excluding carboxylic acids is 1. The van der Waals surface area contributed by atoms with Crippen molar-refractivity contribution in [3.8, 4) is 11.4 Å². The first-order chi connectivity index (χ1) is 10.1. The molecule has 0 aliphatic rings. The van der Waals surface area contributed by atoms with Crippen LogP contribution in [0.5, 0.6) is 0 Å². The van der Waals surface area contributed by atoms with Crippen molar-refractivity contribution in [1.82, 2.24) is 30.5 Å². The van der Waals surface area contributed by atoms with Crippen LogP contribution in [0.2, 0.25) is 0 Å². The van der Waals surface area contributed by atoms with E-state index in [0.29, 0.717) is 5.82 Å². The molecule has 0 aliphatic heterocycles. The highest BCUT2D eigenvalue weighted by atomic mass is 16.2. The summed E-state index contributed by atoms with van der Waals surface area (Å²) in [6.07, 6.45) is 1.85. The van der Waals surface area contributed by atoms with Crippen LogP contribution in [0.15, 0.2) is 30.5 Å². The fourth-order valence-electron chi connectivity index (χ4n) is 2.17. The van der Waals surface area contributed by atoms with Crippen molar-refractivity contribution in [2.24, 2.45) is 0 Å². The molecule has 21 heavy (non-hydrogen) atoms. The summed E-state index contributed by atoms with van der Waals surface area (Å²) in [4.78, 5) is 16.2. The summed E-state index contributed by atoms with van der Waals surface area (Å²) in [6.45, 7) is 3.88. The Kier molecular flexibility index (Phi) is 3.39. The molecule has 0 saturated heterocycles. The number of nitrogens with zero attached hydrogens (tertiary/aromatic N) is 4. The SMILES string of the molecule is CC(C)NC(=O)Cn1nnc(-c2c[nH]c3ccccc23)n1. The first-order valence-corrected chi connectivity index (χ1v) is 6.77. The van der Waals surface area contributed by atoms with Gasteiger partial charge in [-0.15, -0.1) is 10.2 Å². The molecular weight excluding hydrogens is 268 g/mol. The second kappa shape index (κ2) is 5.35. The van der Waals surface area contributed by atoms with E-state index in [-0.39, 0.29) is 18.5 Å². The smallest absolute Gasteiger partial charge is 0.243 e. The third-order valence-electron chi connectivity index (χ3n) is 3.02. The quantitative estimate of drug-likeness (QED) is 0.757. The lowest BCUT2D eigenvalue weighted by atomic mass is 10.2. The van der Waals surface area contributed by atoms with Gasteiger partial charge in [-0.05, 0) is 25.1 Å². The van der Waals surface area contributed by atoms with Crippen LogP contribution in [0.1, 0.15) is 13.8 Å². The van der Waals surface area contributed by atoms with Gasteiger partial charge in [0.2, 0.25) is 11.7 Å². The normalized spacial score (nSPS) is 11.2. The number of benzene rings is 1. The topological polar surface area (TPSA) is 88.5 Å². The molecule has 1 aromatic carbocycles. The first kappa shape index (κ1) is 13.3. The lowest BCUT2D eigenvalue weighted by molar-refractivity contribution is -0.122. The van der Waals surface area contributed by atoms with Crippen LogP contribution in [0, 0.1) is 0 Å². The van der Waals surface area contributed by atoms with Gasteiger partial charge in [0.1, 0.15) is 6.54 Å². The zero-order valence-electron chi connectivity index (χ0n) is 11.9. The Balaban J connectivity index is 1.83. The second-order valence-corrected chi connectivity index (χ2v) is 5.11. The Bertz CT molecular complexity index is 772. The van der Waals surface area contributed by atoms with Crippen molar-refractivity contribution in [3.63, 3.8) is 0 Å². The molecule has 108 valence electrons. The number of hydrogen-bond donors (Lipinski definition) is 2. The molecule has 0 fully saturated rings. The average molecular weight is 284 g/mol. The van der Waals surface area contributed by atoms with E-state index in [9.17, 15) is 4.79 Å². The van der Waals surface area contributed by atoms with Gasteiger partial charge in [-0.3, -0.25) is 4.79 Å². The lowest BCUT2D eigenvalue weighted by Crippen LogP contribution is -2.33. The van der Waals surface area contributed by atoms with Gasteiger partial charge >= 0.3 is 0 Å². The highest BCUT2D eigenvalue weighted by Gasteiger charge is 2.13. The number of hydrogen-bond acceptors (Lipinski definition) is 4. The van der Waals surface area contributed by atoms with Crippen LogP contribution in [-0.2, 0) is 11.3 Å². The van der Waals surface area contributed by atoms with Crippen molar-refractivity contribution in [2.45, 2.75) is 26.4 Å². The predicted molar refractivity (Wildman–Crippen MR) is 78.4 cm³/mol. The molecule has 3 aromatic rings. The Morgan fingerprint density at radius 2 is 2.19 bits per heavy atom. The molecule has 0 spiro atoms. The molecule has 0 radical (unpaired) electrons. The molecule has 1 amide bonds. The molecule has 0 atom stereocenters. The maximum atomic E-state index is 11.7. The number of amides is 1. The summed E-state index contributed by atoms with van der Waals surface area (Å²) in [5.74, 6) is 0.373. The van der Waals surface area contributed by atoms with Crippen molar-refractivity contribution in [3.05, 3.63) is 30.5 Å². The fourth-order valence-corrected chi connectivity index (χ4v) is 2.17. The zero-order chi connectivity index (χ0) is 14.8. The van der Waals surface area contributed by atoms with E-state index in [4.69, 9.17) is 0 Å². The van der Waals surface area contributed by atoms with Gasteiger partial charge in [-0.1, -0.05) is 18.2 Å². The molecule has 7 heteroatoms. The van der Waals surface area contributed by atoms with E-state index in [0.717, 1.165) is 16.5 Å². The van der Waals surface area contributed by atoms with Gasteiger partial charge in [0.25, 0.3) is 0 Å². The van der Waals surface area contributed by atoms with Crippen LogP contribution in [0.3, 0.4) is 0 Å². The Labute approximate surface area is 121 Å². The van der Waals surface area contributed by atoms with Crippen molar-refractivity contribution >= 4 is 16.8 Å². The number of carbonyl (C=O) groups is 1. The molecule has 0 unspecified atom stereocenters. The Morgan fingerprint density at radius 3 is 3.00 bits per heavy atom. The molecule has 2 aromatic heterocycles. The summed E-state index contributed by atoms with van der Waals surface area (Å²) >= 11 is 0. The highest BCUT2D eigenvalue weighted by Crippen LogP contribution is 2.24. The summed E-state index contributed by atoms with van der Waals surface area (Å²) in [5, 5.41) is 16.0. The minimum Gasteiger partial charge on any atom is -0.360 e. The highest BCUT2D eigenvalue weighted by molar-refractivity contribution is 5.93. The predicted octanol–water partition coefficient (Wildman–Crippen LogP) is 1.35. The van der Waals surface area contributed by atoms with Gasteiger partial charge in [0.15, 0.2) is 0 Å². The number of para-hydroxylation sites is 1. The molecular formula is C14H16N6O. The van der Waals surface area contributed by atoms with Crippen LogP contribution < -0.4 is 5.32 Å². The third kappa shape index (κ3) is 2.76. The molecule has 0 saturated carbocycles. The first-order valence-electron chi connectivity index (χ1n) is 6.77. The van der Waals surface area contributed by atoms with Crippen molar-refractivity contribution in [2.75, 3.05) is 0 Å². The third-order valence-corrected chi connectivity index (χ3v) is 3.02. The zero-order valence-corrected chi connectivity index (χ0v) is 11.9. The van der Waals surface area contributed by atoms with Crippen molar-refractivity contribution < 1.29 is 4.79 Å². The number of rotatable bonds is 4. The Hall–Kier alpha value is -2.70.